The average molecular weight is 279 g/mol. The van der Waals surface area contributed by atoms with Crippen LogP contribution in [0.15, 0.2) is 24.4 Å². The van der Waals surface area contributed by atoms with Crippen molar-refractivity contribution in [2.24, 2.45) is 0 Å². The number of aromatic hydroxyl groups is 1. The van der Waals surface area contributed by atoms with Crippen molar-refractivity contribution in [3.05, 3.63) is 35.8 Å². The first-order chi connectivity index (χ1) is 8.80. The van der Waals surface area contributed by atoms with E-state index in [4.69, 9.17) is 5.11 Å². The molecular weight excluding hydrogens is 273 g/mol. The molecule has 0 amide bonds. The van der Waals surface area contributed by atoms with Gasteiger partial charge in [0.05, 0.1) is 6.20 Å². The molecule has 9 heteroatoms. The Labute approximate surface area is 103 Å². The lowest BCUT2D eigenvalue weighted by molar-refractivity contribution is -0.144. The molecule has 0 aliphatic rings. The molecule has 0 aromatic carbocycles. The van der Waals surface area contributed by atoms with Crippen LogP contribution < -0.4 is 0 Å². The van der Waals surface area contributed by atoms with Gasteiger partial charge in [0.25, 0.3) is 6.43 Å². The first kappa shape index (κ1) is 13.2. The molecule has 0 saturated heterocycles. The average Bonchev–Trinajstić information content (AvgIpc) is 2.71. The van der Waals surface area contributed by atoms with Gasteiger partial charge in [0.2, 0.25) is 0 Å². The molecule has 0 saturated carbocycles. The van der Waals surface area contributed by atoms with E-state index in [0.717, 1.165) is 18.2 Å². The Balaban J connectivity index is 2.57. The van der Waals surface area contributed by atoms with E-state index in [1.165, 1.54) is 0 Å². The molecule has 2 rings (SSSR count). The summed E-state index contributed by atoms with van der Waals surface area (Å²) in [4.78, 5) is 3.37. The van der Waals surface area contributed by atoms with Crippen molar-refractivity contribution in [3.8, 4) is 11.6 Å². The van der Waals surface area contributed by atoms with Crippen LogP contribution in [0.5, 0.6) is 5.75 Å². The van der Waals surface area contributed by atoms with Gasteiger partial charge >= 0.3 is 6.18 Å². The zero-order chi connectivity index (χ0) is 14.2. The molecule has 2 heterocycles. The fraction of sp³-hybridized carbons (Fsp3) is 0.200. The zero-order valence-corrected chi connectivity index (χ0v) is 9.07. The van der Waals surface area contributed by atoms with Crippen molar-refractivity contribution in [1.82, 2.24) is 14.8 Å². The second-order valence-electron chi connectivity index (χ2n) is 3.51. The van der Waals surface area contributed by atoms with Gasteiger partial charge in [-0.1, -0.05) is 6.07 Å². The normalized spacial score (nSPS) is 12.1. The number of pyridine rings is 1. The second-order valence-corrected chi connectivity index (χ2v) is 3.51. The minimum absolute atomic E-state index is 0.265. The highest BCUT2D eigenvalue weighted by atomic mass is 19.4. The van der Waals surface area contributed by atoms with Gasteiger partial charge in [-0.25, -0.2) is 18.4 Å². The summed E-state index contributed by atoms with van der Waals surface area (Å²) in [5.41, 5.74) is -2.15. The molecule has 0 atom stereocenters. The summed E-state index contributed by atoms with van der Waals surface area (Å²) < 4.78 is 63.2. The Morgan fingerprint density at radius 3 is 2.47 bits per heavy atom. The smallest absolute Gasteiger partial charge is 0.437 e. The summed E-state index contributed by atoms with van der Waals surface area (Å²) in [5.74, 6) is -1.55. The molecule has 0 radical (unpaired) electrons. The highest BCUT2D eigenvalue weighted by Gasteiger charge is 2.39. The Bertz CT molecular complexity index is 593. The molecule has 0 fully saturated rings. The van der Waals surface area contributed by atoms with E-state index in [1.54, 1.807) is 0 Å². The molecule has 0 bridgehead atoms. The molecule has 19 heavy (non-hydrogen) atoms. The molecule has 0 spiro atoms. The van der Waals surface area contributed by atoms with Gasteiger partial charge in [-0.2, -0.15) is 18.3 Å². The van der Waals surface area contributed by atoms with Gasteiger partial charge in [-0.05, 0) is 12.1 Å². The molecule has 0 aliphatic heterocycles. The number of hydrogen-bond donors (Lipinski definition) is 1. The summed E-state index contributed by atoms with van der Waals surface area (Å²) in [5, 5.41) is 12.4. The molecule has 1 N–H and O–H groups in total. The van der Waals surface area contributed by atoms with Gasteiger partial charge in [-0.15, -0.1) is 0 Å². The number of nitrogens with zero attached hydrogens (tertiary/aromatic N) is 3. The highest BCUT2D eigenvalue weighted by molar-refractivity contribution is 5.34. The van der Waals surface area contributed by atoms with Gasteiger partial charge < -0.3 is 5.11 Å². The number of aromatic nitrogens is 3. The van der Waals surface area contributed by atoms with E-state index in [1.807, 2.05) is 0 Å². The first-order valence-corrected chi connectivity index (χ1v) is 4.90. The van der Waals surface area contributed by atoms with Crippen LogP contribution in [-0.2, 0) is 6.18 Å². The van der Waals surface area contributed by atoms with Crippen LogP contribution in [0.4, 0.5) is 22.0 Å². The van der Waals surface area contributed by atoms with Crippen molar-refractivity contribution in [2.75, 3.05) is 0 Å². The molecule has 0 aliphatic carbocycles. The molecule has 2 aromatic heterocycles. The van der Waals surface area contributed by atoms with Crippen LogP contribution in [0.2, 0.25) is 0 Å². The van der Waals surface area contributed by atoms with Crippen molar-refractivity contribution >= 4 is 0 Å². The van der Waals surface area contributed by atoms with Crippen LogP contribution in [0.3, 0.4) is 0 Å². The van der Waals surface area contributed by atoms with Gasteiger partial charge in [0.15, 0.2) is 17.3 Å². The fourth-order valence-electron chi connectivity index (χ4n) is 1.46. The van der Waals surface area contributed by atoms with E-state index in [0.29, 0.717) is 6.20 Å². The third kappa shape index (κ3) is 2.49. The molecular formula is C10H6F5N3O. The number of rotatable bonds is 2. The minimum Gasteiger partial charge on any atom is -0.504 e. The fourth-order valence-corrected chi connectivity index (χ4v) is 1.46. The van der Waals surface area contributed by atoms with E-state index >= 15 is 0 Å². The van der Waals surface area contributed by atoms with Crippen molar-refractivity contribution < 1.29 is 27.1 Å². The Morgan fingerprint density at radius 1 is 1.21 bits per heavy atom. The second kappa shape index (κ2) is 4.48. The lowest BCUT2D eigenvalue weighted by Gasteiger charge is -2.10. The van der Waals surface area contributed by atoms with Gasteiger partial charge in [0, 0.05) is 0 Å². The SMILES string of the molecule is Oc1cnn(-c2cccc(C(F)F)n2)c1C(F)(F)F. The van der Waals surface area contributed by atoms with Crippen LogP contribution in [-0.4, -0.2) is 19.9 Å². The predicted octanol–water partition coefficient (Wildman–Crippen LogP) is 2.93. The van der Waals surface area contributed by atoms with E-state index in [-0.39, 0.29) is 4.68 Å². The van der Waals surface area contributed by atoms with Crippen LogP contribution in [0.25, 0.3) is 5.82 Å². The molecule has 102 valence electrons. The topological polar surface area (TPSA) is 50.9 Å². The molecule has 4 nitrogen and oxygen atoms in total. The van der Waals surface area contributed by atoms with Crippen LogP contribution >= 0.6 is 0 Å². The Morgan fingerprint density at radius 2 is 1.89 bits per heavy atom. The van der Waals surface area contributed by atoms with Crippen LogP contribution in [0.1, 0.15) is 17.8 Å². The van der Waals surface area contributed by atoms with E-state index < -0.39 is 35.6 Å². The summed E-state index contributed by atoms with van der Waals surface area (Å²) in [6.45, 7) is 0. The maximum absolute atomic E-state index is 12.7. The zero-order valence-electron chi connectivity index (χ0n) is 9.07. The quantitative estimate of drug-likeness (QED) is 0.860. The third-order valence-corrected chi connectivity index (χ3v) is 2.21. The van der Waals surface area contributed by atoms with Crippen molar-refractivity contribution in [2.45, 2.75) is 12.6 Å². The predicted molar refractivity (Wildman–Crippen MR) is 53.0 cm³/mol. The Kier molecular flexibility index (Phi) is 3.13. The van der Waals surface area contributed by atoms with Crippen LogP contribution in [0, 0.1) is 0 Å². The summed E-state index contributed by atoms with van der Waals surface area (Å²) in [6, 6.07) is 3.18. The Hall–Kier alpha value is -2.19. The number of alkyl halides is 5. The van der Waals surface area contributed by atoms with Crippen molar-refractivity contribution in [3.63, 3.8) is 0 Å². The van der Waals surface area contributed by atoms with Crippen molar-refractivity contribution in [1.29, 1.82) is 0 Å². The van der Waals surface area contributed by atoms with Gasteiger partial charge in [-0.3, -0.25) is 0 Å². The maximum Gasteiger partial charge on any atom is 0.437 e. The van der Waals surface area contributed by atoms with Gasteiger partial charge in [0.1, 0.15) is 5.69 Å². The summed E-state index contributed by atoms with van der Waals surface area (Å²) >= 11 is 0. The third-order valence-electron chi connectivity index (χ3n) is 2.21. The van der Waals surface area contributed by atoms with E-state index in [9.17, 15) is 22.0 Å². The minimum atomic E-state index is -4.89. The largest absolute Gasteiger partial charge is 0.504 e. The lowest BCUT2D eigenvalue weighted by atomic mass is 10.3. The monoisotopic (exact) mass is 279 g/mol. The lowest BCUT2D eigenvalue weighted by Crippen LogP contribution is -2.14. The standard InChI is InChI=1S/C10H6F5N3O/c11-9(12)5-2-1-3-7(17-5)18-8(10(13,14)15)6(19)4-16-18/h1-4,9,19H. The first-order valence-electron chi connectivity index (χ1n) is 4.90. The summed E-state index contributed by atoms with van der Waals surface area (Å²) in [7, 11) is 0. The maximum atomic E-state index is 12.7. The highest BCUT2D eigenvalue weighted by Crippen LogP contribution is 2.36. The summed E-state index contributed by atoms with van der Waals surface area (Å²) in [6.07, 6.45) is -7.23. The van der Waals surface area contributed by atoms with E-state index in [2.05, 4.69) is 10.1 Å². The number of hydrogen-bond acceptors (Lipinski definition) is 3. The number of halogens is 5. The molecule has 2 aromatic rings. The molecule has 0 unspecified atom stereocenters.